The van der Waals surface area contributed by atoms with E-state index in [1.54, 1.807) is 5.57 Å². The minimum absolute atomic E-state index is 0.226. The molecule has 2 rings (SSSR count). The van der Waals surface area contributed by atoms with Crippen molar-refractivity contribution in [2.45, 2.75) is 59.0 Å². The molecule has 0 aliphatic heterocycles. The summed E-state index contributed by atoms with van der Waals surface area (Å²) in [4.78, 5) is 0. The Hall–Kier alpha value is -0.300. The average molecular weight is 209 g/mol. The second-order valence-corrected chi connectivity index (χ2v) is 6.59. The molecule has 1 saturated carbocycles. The van der Waals surface area contributed by atoms with Crippen LogP contribution in [0, 0.1) is 17.3 Å². The van der Waals surface area contributed by atoms with Crippen LogP contribution in [0.25, 0.3) is 0 Å². The highest BCUT2D eigenvalue weighted by Gasteiger charge is 2.47. The van der Waals surface area contributed by atoms with Crippen molar-refractivity contribution in [2.75, 3.05) is 0 Å². The maximum absolute atomic E-state index is 8.34. The zero-order valence-corrected chi connectivity index (χ0v) is 10.6. The summed E-state index contributed by atoms with van der Waals surface area (Å²) in [6.07, 6.45) is 7.20. The van der Waals surface area contributed by atoms with Crippen molar-refractivity contribution in [2.24, 2.45) is 17.3 Å². The lowest BCUT2D eigenvalue weighted by molar-refractivity contribution is -0.0353. The first-order valence-electron chi connectivity index (χ1n) is 6.27. The highest BCUT2D eigenvalue weighted by Crippen LogP contribution is 2.51. The van der Waals surface area contributed by atoms with Gasteiger partial charge >= 0.3 is 0 Å². The molecule has 0 aromatic carbocycles. The lowest BCUT2D eigenvalue weighted by atomic mass is 9.58. The Morgan fingerprint density at radius 2 is 2.00 bits per heavy atom. The Labute approximate surface area is 93.6 Å². The van der Waals surface area contributed by atoms with Gasteiger partial charge in [-0.2, -0.15) is 0 Å². The molecule has 1 nitrogen and oxygen atoms in total. The Bertz CT molecular complexity index is 286. The minimum atomic E-state index is -0.226. The van der Waals surface area contributed by atoms with Gasteiger partial charge in [0.1, 0.15) is 0 Å². The summed E-state index contributed by atoms with van der Waals surface area (Å²) < 4.78 is 0. The van der Waals surface area contributed by atoms with Gasteiger partial charge in [-0.05, 0) is 30.6 Å². The van der Waals surface area contributed by atoms with Crippen molar-refractivity contribution in [3.8, 4) is 0 Å². The van der Waals surface area contributed by atoms with E-state index in [0.29, 0.717) is 11.3 Å². The van der Waals surface area contributed by atoms with Crippen molar-refractivity contribution in [1.82, 2.24) is 0 Å². The molecule has 2 aliphatic rings. The number of hydrogen-bond donors (Lipinski definition) is 0. The number of hydrogen-bond acceptors (Lipinski definition) is 0. The highest BCUT2D eigenvalue weighted by atomic mass is 16.3. The predicted molar refractivity (Wildman–Crippen MR) is 65.0 cm³/mol. The van der Waals surface area contributed by atoms with Crippen molar-refractivity contribution in [3.05, 3.63) is 11.6 Å². The zero-order chi connectivity index (χ0) is 11.3. The molecular formula is C14H25O+. The quantitative estimate of drug-likeness (QED) is 0.432. The van der Waals surface area contributed by atoms with Gasteiger partial charge in [-0.3, -0.25) is 0 Å². The topological polar surface area (TPSA) is 22.9 Å². The van der Waals surface area contributed by atoms with Gasteiger partial charge in [0, 0.05) is 19.3 Å². The number of rotatable bonds is 0. The SMILES string of the molecule is C[C@@H]1C[C@H]2C(=CCCC2(C)C)C[C@]1(C)[OH2+]. The third kappa shape index (κ3) is 1.87. The summed E-state index contributed by atoms with van der Waals surface area (Å²) in [7, 11) is 0. The normalized spacial score (nSPS) is 44.5. The first kappa shape index (κ1) is 11.2. The summed E-state index contributed by atoms with van der Waals surface area (Å²) in [5.41, 5.74) is 1.83. The first-order valence-corrected chi connectivity index (χ1v) is 6.27. The molecule has 1 fully saturated rings. The third-order valence-corrected chi connectivity index (χ3v) is 4.83. The van der Waals surface area contributed by atoms with Gasteiger partial charge < -0.3 is 5.11 Å². The average Bonchev–Trinajstić information content (AvgIpc) is 2.08. The monoisotopic (exact) mass is 209 g/mol. The molecular weight excluding hydrogens is 184 g/mol. The van der Waals surface area contributed by atoms with Crippen LogP contribution < -0.4 is 0 Å². The zero-order valence-electron chi connectivity index (χ0n) is 10.6. The van der Waals surface area contributed by atoms with Crippen LogP contribution in [0.4, 0.5) is 0 Å². The first-order chi connectivity index (χ1) is 6.83. The molecule has 3 atom stereocenters. The molecule has 0 heterocycles. The van der Waals surface area contributed by atoms with E-state index in [1.807, 2.05) is 0 Å². The lowest BCUT2D eigenvalue weighted by Crippen LogP contribution is -2.44. The van der Waals surface area contributed by atoms with Crippen molar-refractivity contribution >= 4 is 0 Å². The van der Waals surface area contributed by atoms with Crippen molar-refractivity contribution < 1.29 is 5.11 Å². The second kappa shape index (κ2) is 3.35. The van der Waals surface area contributed by atoms with Crippen LogP contribution in [0.5, 0.6) is 0 Å². The van der Waals surface area contributed by atoms with E-state index in [-0.39, 0.29) is 5.60 Å². The summed E-state index contributed by atoms with van der Waals surface area (Å²) in [6.45, 7) is 9.18. The molecule has 0 radical (unpaired) electrons. The molecule has 0 amide bonds. The van der Waals surface area contributed by atoms with Crippen molar-refractivity contribution in [3.63, 3.8) is 0 Å². The molecule has 0 bridgehead atoms. The Balaban J connectivity index is 2.27. The van der Waals surface area contributed by atoms with E-state index in [0.717, 1.165) is 12.3 Å². The number of allylic oxidation sites excluding steroid dienone is 1. The van der Waals surface area contributed by atoms with Crippen LogP contribution in [0.3, 0.4) is 0 Å². The fourth-order valence-electron chi connectivity index (χ4n) is 3.33. The van der Waals surface area contributed by atoms with Gasteiger partial charge in [0.2, 0.25) is 0 Å². The lowest BCUT2D eigenvalue weighted by Gasteiger charge is -2.47. The smallest absolute Gasteiger partial charge is 0.167 e. The van der Waals surface area contributed by atoms with Crippen molar-refractivity contribution in [1.29, 1.82) is 0 Å². The maximum atomic E-state index is 8.34. The standard InChI is InChI=1S/C14H24O/c1-10-8-12-11(9-14(10,4)15)6-5-7-13(12,2)3/h6,10,12,15H,5,7-9H2,1-4H3/p+1/t10-,12+,14+/m1/s1. The predicted octanol–water partition coefficient (Wildman–Crippen LogP) is 3.26. The largest absolute Gasteiger partial charge is 0.441 e. The molecule has 0 unspecified atom stereocenters. The van der Waals surface area contributed by atoms with Crippen LogP contribution in [-0.2, 0) is 0 Å². The molecule has 15 heavy (non-hydrogen) atoms. The summed E-state index contributed by atoms with van der Waals surface area (Å²) in [5, 5.41) is 8.34. The summed E-state index contributed by atoms with van der Waals surface area (Å²) in [5.74, 6) is 1.29. The molecule has 0 spiro atoms. The molecule has 2 aliphatic carbocycles. The Kier molecular flexibility index (Phi) is 2.50. The molecule has 0 aromatic heterocycles. The van der Waals surface area contributed by atoms with Crippen LogP contribution in [0.15, 0.2) is 11.6 Å². The van der Waals surface area contributed by atoms with Gasteiger partial charge in [-0.1, -0.05) is 32.4 Å². The van der Waals surface area contributed by atoms with Gasteiger partial charge in [0.05, 0.1) is 0 Å². The van der Waals surface area contributed by atoms with Crippen LogP contribution >= 0.6 is 0 Å². The summed E-state index contributed by atoms with van der Waals surface area (Å²) >= 11 is 0. The molecule has 2 N–H and O–H groups in total. The summed E-state index contributed by atoms with van der Waals surface area (Å²) in [6, 6.07) is 0. The van der Waals surface area contributed by atoms with E-state index in [2.05, 4.69) is 33.8 Å². The second-order valence-electron chi connectivity index (χ2n) is 6.59. The minimum Gasteiger partial charge on any atom is -0.441 e. The van der Waals surface area contributed by atoms with E-state index in [1.165, 1.54) is 19.3 Å². The molecule has 0 saturated heterocycles. The van der Waals surface area contributed by atoms with Gasteiger partial charge in [-0.15, -0.1) is 0 Å². The van der Waals surface area contributed by atoms with E-state index in [4.69, 9.17) is 5.11 Å². The fourth-order valence-corrected chi connectivity index (χ4v) is 3.33. The molecule has 0 aromatic rings. The third-order valence-electron chi connectivity index (χ3n) is 4.83. The van der Waals surface area contributed by atoms with E-state index >= 15 is 0 Å². The van der Waals surface area contributed by atoms with Gasteiger partial charge in [0.15, 0.2) is 5.60 Å². The molecule has 1 heteroatoms. The van der Waals surface area contributed by atoms with Crippen LogP contribution in [0.1, 0.15) is 53.4 Å². The van der Waals surface area contributed by atoms with Crippen LogP contribution in [-0.4, -0.2) is 10.7 Å². The van der Waals surface area contributed by atoms with E-state index < -0.39 is 0 Å². The van der Waals surface area contributed by atoms with E-state index in [9.17, 15) is 0 Å². The molecule has 86 valence electrons. The van der Waals surface area contributed by atoms with Gasteiger partial charge in [0.25, 0.3) is 0 Å². The number of fused-ring (bicyclic) bond motifs is 1. The van der Waals surface area contributed by atoms with Crippen LogP contribution in [0.2, 0.25) is 0 Å². The Morgan fingerprint density at radius 3 is 2.67 bits per heavy atom. The maximum Gasteiger partial charge on any atom is 0.167 e. The van der Waals surface area contributed by atoms with Gasteiger partial charge in [-0.25, -0.2) is 0 Å². The fraction of sp³-hybridized carbons (Fsp3) is 0.857. The highest BCUT2D eigenvalue weighted by molar-refractivity contribution is 5.20. The Morgan fingerprint density at radius 1 is 1.33 bits per heavy atom.